The second-order valence-electron chi connectivity index (χ2n) is 5.23. The van der Waals surface area contributed by atoms with Crippen LogP contribution in [0.5, 0.6) is 0 Å². The van der Waals surface area contributed by atoms with Gasteiger partial charge in [-0.1, -0.05) is 6.92 Å². The van der Waals surface area contributed by atoms with Gasteiger partial charge in [-0.25, -0.2) is 0 Å². The molecule has 2 atom stereocenters. The summed E-state index contributed by atoms with van der Waals surface area (Å²) in [7, 11) is 0. The zero-order valence-electron chi connectivity index (χ0n) is 11.0. The van der Waals surface area contributed by atoms with E-state index in [0.717, 1.165) is 32.6 Å². The van der Waals surface area contributed by atoms with Crippen LogP contribution in [0.15, 0.2) is 12.4 Å². The van der Waals surface area contributed by atoms with Crippen molar-refractivity contribution in [1.82, 2.24) is 14.7 Å². The fourth-order valence-corrected chi connectivity index (χ4v) is 2.68. The molecule has 0 aliphatic carbocycles. The first-order chi connectivity index (χ1) is 8.22. The molecule has 2 heterocycles. The second-order valence-corrected chi connectivity index (χ2v) is 5.23. The van der Waals surface area contributed by atoms with Crippen molar-refractivity contribution in [1.29, 1.82) is 0 Å². The maximum Gasteiger partial charge on any atom is 0.0534 e. The molecule has 2 rings (SSSR count). The fourth-order valence-electron chi connectivity index (χ4n) is 2.68. The zero-order chi connectivity index (χ0) is 12.3. The third kappa shape index (κ3) is 3.07. The van der Waals surface area contributed by atoms with Crippen molar-refractivity contribution in [2.75, 3.05) is 13.1 Å². The number of aromatic nitrogens is 2. The first-order valence-corrected chi connectivity index (χ1v) is 6.68. The van der Waals surface area contributed by atoms with Gasteiger partial charge in [0, 0.05) is 37.4 Å². The van der Waals surface area contributed by atoms with E-state index in [2.05, 4.69) is 30.0 Å². The van der Waals surface area contributed by atoms with Crippen LogP contribution in [0, 0.1) is 5.92 Å². The third-order valence-corrected chi connectivity index (χ3v) is 3.65. The fraction of sp³-hybridized carbons (Fsp3) is 0.769. The molecule has 1 fully saturated rings. The highest BCUT2D eigenvalue weighted by Gasteiger charge is 2.27. The first kappa shape index (κ1) is 12.6. The second kappa shape index (κ2) is 5.65. The van der Waals surface area contributed by atoms with Gasteiger partial charge in [0.25, 0.3) is 0 Å². The van der Waals surface area contributed by atoms with E-state index in [0.29, 0.717) is 12.0 Å². The quantitative estimate of drug-likeness (QED) is 0.842. The Morgan fingerprint density at radius 1 is 1.53 bits per heavy atom. The Kier molecular flexibility index (Phi) is 4.18. The highest BCUT2D eigenvalue weighted by Crippen LogP contribution is 2.23. The summed E-state index contributed by atoms with van der Waals surface area (Å²) in [5, 5.41) is 4.38. The van der Waals surface area contributed by atoms with Crippen LogP contribution >= 0.6 is 0 Å². The highest BCUT2D eigenvalue weighted by atomic mass is 15.3. The Balaban J connectivity index is 1.91. The van der Waals surface area contributed by atoms with E-state index < -0.39 is 0 Å². The van der Waals surface area contributed by atoms with Crippen molar-refractivity contribution in [3.63, 3.8) is 0 Å². The average molecular weight is 236 g/mol. The number of hydrogen-bond acceptors (Lipinski definition) is 3. The van der Waals surface area contributed by atoms with Crippen LogP contribution in [0.3, 0.4) is 0 Å². The minimum Gasteiger partial charge on any atom is -0.330 e. The molecule has 1 aromatic rings. The minimum absolute atomic E-state index is 0.651. The van der Waals surface area contributed by atoms with Gasteiger partial charge in [0.2, 0.25) is 0 Å². The van der Waals surface area contributed by atoms with Gasteiger partial charge >= 0.3 is 0 Å². The molecule has 1 saturated heterocycles. The largest absolute Gasteiger partial charge is 0.330 e. The molecule has 0 amide bonds. The smallest absolute Gasteiger partial charge is 0.0534 e. The molecule has 0 spiro atoms. The van der Waals surface area contributed by atoms with E-state index >= 15 is 0 Å². The third-order valence-electron chi connectivity index (χ3n) is 3.65. The van der Waals surface area contributed by atoms with Crippen LogP contribution in [0.2, 0.25) is 0 Å². The van der Waals surface area contributed by atoms with Gasteiger partial charge in [0.1, 0.15) is 0 Å². The lowest BCUT2D eigenvalue weighted by Crippen LogP contribution is -2.27. The summed E-state index contributed by atoms with van der Waals surface area (Å²) in [4.78, 5) is 2.52. The maximum atomic E-state index is 5.75. The predicted molar refractivity (Wildman–Crippen MR) is 69.6 cm³/mol. The van der Waals surface area contributed by atoms with Crippen LogP contribution in [0.25, 0.3) is 0 Å². The van der Waals surface area contributed by atoms with Crippen molar-refractivity contribution in [2.45, 2.75) is 45.8 Å². The number of likely N-dealkylation sites (tertiary alicyclic amines) is 1. The Morgan fingerprint density at radius 3 is 3.00 bits per heavy atom. The summed E-state index contributed by atoms with van der Waals surface area (Å²) in [5.41, 5.74) is 7.07. The lowest BCUT2D eigenvalue weighted by Gasteiger charge is -2.19. The normalized spacial score (nSPS) is 25.6. The predicted octanol–water partition coefficient (Wildman–Crippen LogP) is 1.46. The van der Waals surface area contributed by atoms with Crippen molar-refractivity contribution in [2.24, 2.45) is 11.7 Å². The van der Waals surface area contributed by atoms with E-state index in [4.69, 9.17) is 5.73 Å². The molecule has 4 heteroatoms. The SMILES string of the molecule is CCCn1cc(CN2CC(CN)CC2C)cn1. The van der Waals surface area contributed by atoms with Crippen LogP contribution in [0.4, 0.5) is 0 Å². The summed E-state index contributed by atoms with van der Waals surface area (Å²) in [6.07, 6.45) is 6.54. The number of hydrogen-bond donors (Lipinski definition) is 1. The standard InChI is InChI=1S/C13H24N4/c1-3-4-17-10-13(7-15-17)9-16-8-12(6-14)5-11(16)2/h7,10-12H,3-6,8-9,14H2,1-2H3. The minimum atomic E-state index is 0.651. The van der Waals surface area contributed by atoms with E-state index in [1.165, 1.54) is 12.0 Å². The molecular formula is C13H24N4. The van der Waals surface area contributed by atoms with E-state index in [1.807, 2.05) is 10.9 Å². The monoisotopic (exact) mass is 236 g/mol. The van der Waals surface area contributed by atoms with Gasteiger partial charge in [0.05, 0.1) is 6.20 Å². The molecule has 0 aromatic carbocycles. The molecule has 17 heavy (non-hydrogen) atoms. The van der Waals surface area contributed by atoms with Gasteiger partial charge < -0.3 is 5.73 Å². The van der Waals surface area contributed by atoms with Crippen molar-refractivity contribution >= 4 is 0 Å². The Morgan fingerprint density at radius 2 is 2.35 bits per heavy atom. The Hall–Kier alpha value is -0.870. The molecule has 0 radical (unpaired) electrons. The summed E-state index contributed by atoms with van der Waals surface area (Å²) >= 11 is 0. The van der Waals surface area contributed by atoms with E-state index in [1.54, 1.807) is 0 Å². The molecular weight excluding hydrogens is 212 g/mol. The topological polar surface area (TPSA) is 47.1 Å². The summed E-state index contributed by atoms with van der Waals surface area (Å²) in [6.45, 7) is 8.46. The average Bonchev–Trinajstić information content (AvgIpc) is 2.88. The molecule has 2 unspecified atom stereocenters. The van der Waals surface area contributed by atoms with E-state index in [9.17, 15) is 0 Å². The van der Waals surface area contributed by atoms with Crippen molar-refractivity contribution < 1.29 is 0 Å². The molecule has 96 valence electrons. The Bertz CT molecular complexity index is 347. The van der Waals surface area contributed by atoms with Gasteiger partial charge in [-0.05, 0) is 32.2 Å². The van der Waals surface area contributed by atoms with Crippen molar-refractivity contribution in [3.8, 4) is 0 Å². The van der Waals surface area contributed by atoms with Crippen LogP contribution in [0.1, 0.15) is 32.3 Å². The molecule has 2 N–H and O–H groups in total. The number of nitrogens with two attached hydrogens (primary N) is 1. The number of nitrogens with zero attached hydrogens (tertiary/aromatic N) is 3. The molecule has 1 aromatic heterocycles. The van der Waals surface area contributed by atoms with Gasteiger partial charge in [-0.2, -0.15) is 5.10 Å². The first-order valence-electron chi connectivity index (χ1n) is 6.68. The molecule has 4 nitrogen and oxygen atoms in total. The van der Waals surface area contributed by atoms with Crippen molar-refractivity contribution in [3.05, 3.63) is 18.0 Å². The number of rotatable bonds is 5. The Labute approximate surface area is 104 Å². The number of aryl methyl sites for hydroxylation is 1. The molecule has 0 bridgehead atoms. The lowest BCUT2D eigenvalue weighted by atomic mass is 10.1. The molecule has 1 aliphatic rings. The summed E-state index contributed by atoms with van der Waals surface area (Å²) < 4.78 is 2.04. The lowest BCUT2D eigenvalue weighted by molar-refractivity contribution is 0.256. The van der Waals surface area contributed by atoms with Gasteiger partial charge in [-0.3, -0.25) is 9.58 Å². The van der Waals surface area contributed by atoms with E-state index in [-0.39, 0.29) is 0 Å². The highest BCUT2D eigenvalue weighted by molar-refractivity contribution is 5.05. The summed E-state index contributed by atoms with van der Waals surface area (Å²) in [6, 6.07) is 0.651. The molecule has 1 aliphatic heterocycles. The van der Waals surface area contributed by atoms with Crippen LogP contribution in [-0.2, 0) is 13.1 Å². The van der Waals surface area contributed by atoms with Crippen LogP contribution in [-0.4, -0.2) is 33.8 Å². The van der Waals surface area contributed by atoms with Crippen LogP contribution < -0.4 is 5.73 Å². The van der Waals surface area contributed by atoms with Gasteiger partial charge in [0.15, 0.2) is 0 Å². The zero-order valence-corrected chi connectivity index (χ0v) is 11.0. The molecule has 0 saturated carbocycles. The van der Waals surface area contributed by atoms with Gasteiger partial charge in [-0.15, -0.1) is 0 Å². The maximum absolute atomic E-state index is 5.75. The summed E-state index contributed by atoms with van der Waals surface area (Å²) in [5.74, 6) is 0.677.